The number of hydrogen-bond acceptors (Lipinski definition) is 2. The number of carboxylic acids is 1. The Kier molecular flexibility index (Phi) is 2.66. The normalized spacial score (nSPS) is 27.6. The smallest absolute Gasteiger partial charge is 0.314 e. The molecule has 0 amide bonds. The number of hydrogen-bond donors (Lipinski definition) is 2. The summed E-state index contributed by atoms with van der Waals surface area (Å²) in [4.78, 5) is 11.2. The van der Waals surface area contributed by atoms with E-state index in [1.165, 1.54) is 6.92 Å². The van der Waals surface area contributed by atoms with Gasteiger partial charge in [0.15, 0.2) is 0 Å². The fourth-order valence-corrected chi connectivity index (χ4v) is 2.39. The summed E-state index contributed by atoms with van der Waals surface area (Å²) in [6.07, 6.45) is -1.12. The van der Waals surface area contributed by atoms with Gasteiger partial charge >= 0.3 is 5.97 Å². The molecule has 1 aromatic rings. The number of carbonyl (C=O) groups is 1. The highest BCUT2D eigenvalue weighted by molar-refractivity contribution is 5.83. The third-order valence-corrected chi connectivity index (χ3v) is 3.24. The van der Waals surface area contributed by atoms with Crippen LogP contribution in [0.5, 0.6) is 0 Å². The number of benzene rings is 1. The summed E-state index contributed by atoms with van der Waals surface area (Å²) in [6, 6.07) is 2.21. The highest BCUT2D eigenvalue weighted by Gasteiger charge is 2.54. The molecule has 0 radical (unpaired) electrons. The Morgan fingerprint density at radius 1 is 1.35 bits per heavy atom. The van der Waals surface area contributed by atoms with E-state index in [2.05, 4.69) is 0 Å². The molecule has 92 valence electrons. The van der Waals surface area contributed by atoms with E-state index in [4.69, 9.17) is 5.11 Å². The van der Waals surface area contributed by atoms with Crippen LogP contribution in [0.15, 0.2) is 12.1 Å². The zero-order valence-corrected chi connectivity index (χ0v) is 9.20. The van der Waals surface area contributed by atoms with Crippen LogP contribution in [-0.2, 0) is 10.2 Å². The number of halogens is 2. The van der Waals surface area contributed by atoms with E-state index >= 15 is 0 Å². The molecule has 0 unspecified atom stereocenters. The van der Waals surface area contributed by atoms with Gasteiger partial charge in [-0.05, 0) is 37.5 Å². The molecule has 5 heteroatoms. The van der Waals surface area contributed by atoms with Crippen LogP contribution in [0, 0.1) is 18.6 Å². The van der Waals surface area contributed by atoms with Crippen molar-refractivity contribution in [1.82, 2.24) is 0 Å². The second-order valence-electron chi connectivity index (χ2n) is 4.55. The van der Waals surface area contributed by atoms with E-state index in [1.54, 1.807) is 0 Å². The van der Waals surface area contributed by atoms with E-state index in [1.807, 2.05) is 0 Å². The maximum atomic E-state index is 13.7. The zero-order valence-electron chi connectivity index (χ0n) is 9.20. The fraction of sp³-hybridized carbons (Fsp3) is 0.417. The van der Waals surface area contributed by atoms with Crippen molar-refractivity contribution in [2.45, 2.75) is 31.3 Å². The van der Waals surface area contributed by atoms with E-state index in [0.717, 1.165) is 12.1 Å². The van der Waals surface area contributed by atoms with Crippen LogP contribution in [0.3, 0.4) is 0 Å². The van der Waals surface area contributed by atoms with Gasteiger partial charge in [0.05, 0.1) is 6.10 Å². The van der Waals surface area contributed by atoms with Crippen molar-refractivity contribution in [3.05, 3.63) is 34.9 Å². The molecule has 1 fully saturated rings. The maximum absolute atomic E-state index is 13.7. The summed E-state index contributed by atoms with van der Waals surface area (Å²) < 4.78 is 27.5. The highest BCUT2D eigenvalue weighted by Crippen LogP contribution is 2.46. The number of aliphatic hydroxyl groups excluding tert-OH is 1. The van der Waals surface area contributed by atoms with Crippen molar-refractivity contribution in [3.63, 3.8) is 0 Å². The van der Waals surface area contributed by atoms with Gasteiger partial charge in [-0.1, -0.05) is 0 Å². The molecule has 0 atom stereocenters. The Morgan fingerprint density at radius 2 is 1.82 bits per heavy atom. The standard InChI is InChI=1S/C12H12F2O3/c1-6-2-8(13)10(9(14)3-6)12(11(16)17)4-7(15)5-12/h2-3,7,15H,4-5H2,1H3,(H,16,17). The van der Waals surface area contributed by atoms with Crippen LogP contribution in [0.25, 0.3) is 0 Å². The minimum atomic E-state index is -1.62. The van der Waals surface area contributed by atoms with E-state index in [0.29, 0.717) is 5.56 Å². The van der Waals surface area contributed by atoms with Crippen molar-refractivity contribution in [2.75, 3.05) is 0 Å². The lowest BCUT2D eigenvalue weighted by Gasteiger charge is -2.42. The summed E-state index contributed by atoms with van der Waals surface area (Å²) >= 11 is 0. The third kappa shape index (κ3) is 1.70. The number of aliphatic hydroxyl groups is 1. The van der Waals surface area contributed by atoms with Gasteiger partial charge in [0.2, 0.25) is 0 Å². The molecule has 0 aliphatic heterocycles. The minimum Gasteiger partial charge on any atom is -0.481 e. The number of rotatable bonds is 2. The Labute approximate surface area is 96.7 Å². The second-order valence-corrected chi connectivity index (χ2v) is 4.55. The van der Waals surface area contributed by atoms with E-state index < -0.39 is 34.7 Å². The van der Waals surface area contributed by atoms with Crippen LogP contribution in [0.1, 0.15) is 24.0 Å². The van der Waals surface area contributed by atoms with E-state index in [9.17, 15) is 18.7 Å². The van der Waals surface area contributed by atoms with Crippen molar-refractivity contribution in [1.29, 1.82) is 0 Å². The first-order valence-corrected chi connectivity index (χ1v) is 5.24. The molecule has 0 heterocycles. The van der Waals surface area contributed by atoms with Crippen LogP contribution in [0.2, 0.25) is 0 Å². The summed E-state index contributed by atoms with van der Waals surface area (Å²) in [7, 11) is 0. The SMILES string of the molecule is Cc1cc(F)c(C2(C(=O)O)CC(O)C2)c(F)c1. The molecular formula is C12H12F2O3. The lowest BCUT2D eigenvalue weighted by atomic mass is 9.62. The van der Waals surface area contributed by atoms with Gasteiger partial charge in [-0.15, -0.1) is 0 Å². The van der Waals surface area contributed by atoms with Gasteiger partial charge in [0.25, 0.3) is 0 Å². The molecule has 0 saturated heterocycles. The molecule has 1 aromatic carbocycles. The summed E-state index contributed by atoms with van der Waals surface area (Å²) in [5.41, 5.74) is -1.67. The van der Waals surface area contributed by atoms with Gasteiger partial charge < -0.3 is 10.2 Å². The fourth-order valence-electron chi connectivity index (χ4n) is 2.39. The molecule has 1 aliphatic rings. The molecule has 2 N–H and O–H groups in total. The molecule has 17 heavy (non-hydrogen) atoms. The van der Waals surface area contributed by atoms with Gasteiger partial charge in [-0.3, -0.25) is 4.79 Å². The Morgan fingerprint density at radius 3 is 2.18 bits per heavy atom. The number of aryl methyl sites for hydroxylation is 1. The first-order valence-electron chi connectivity index (χ1n) is 5.24. The number of aliphatic carboxylic acids is 1. The zero-order chi connectivity index (χ0) is 12.8. The first-order chi connectivity index (χ1) is 7.86. The van der Waals surface area contributed by atoms with E-state index in [-0.39, 0.29) is 12.8 Å². The lowest BCUT2D eigenvalue weighted by Crippen LogP contribution is -2.51. The second kappa shape index (κ2) is 3.77. The third-order valence-electron chi connectivity index (χ3n) is 3.24. The average molecular weight is 242 g/mol. The summed E-state index contributed by atoms with van der Waals surface area (Å²) in [5.74, 6) is -3.03. The molecule has 1 aliphatic carbocycles. The predicted octanol–water partition coefficient (Wildman–Crippen LogP) is 1.75. The lowest BCUT2D eigenvalue weighted by molar-refractivity contribution is -0.153. The molecule has 3 nitrogen and oxygen atoms in total. The molecule has 0 aromatic heterocycles. The molecule has 1 saturated carbocycles. The van der Waals surface area contributed by atoms with Crippen LogP contribution in [0.4, 0.5) is 8.78 Å². The Bertz CT molecular complexity index is 456. The molecule has 2 rings (SSSR count). The maximum Gasteiger partial charge on any atom is 0.314 e. The van der Waals surface area contributed by atoms with Crippen LogP contribution in [-0.4, -0.2) is 22.3 Å². The molecular weight excluding hydrogens is 230 g/mol. The summed E-state index contributed by atoms with van der Waals surface area (Å²) in [6.45, 7) is 1.53. The largest absolute Gasteiger partial charge is 0.481 e. The van der Waals surface area contributed by atoms with Gasteiger partial charge in [-0.2, -0.15) is 0 Å². The van der Waals surface area contributed by atoms with Crippen molar-refractivity contribution in [3.8, 4) is 0 Å². The quantitative estimate of drug-likeness (QED) is 0.830. The highest BCUT2D eigenvalue weighted by atomic mass is 19.1. The molecule has 0 bridgehead atoms. The monoisotopic (exact) mass is 242 g/mol. The van der Waals surface area contributed by atoms with Crippen molar-refractivity contribution in [2.24, 2.45) is 0 Å². The van der Waals surface area contributed by atoms with Crippen LogP contribution < -0.4 is 0 Å². The number of carboxylic acid groups (broad SMARTS) is 1. The van der Waals surface area contributed by atoms with Gasteiger partial charge in [-0.25, -0.2) is 8.78 Å². The first kappa shape index (κ1) is 12.0. The topological polar surface area (TPSA) is 57.5 Å². The molecule has 0 spiro atoms. The van der Waals surface area contributed by atoms with Crippen molar-refractivity contribution >= 4 is 5.97 Å². The van der Waals surface area contributed by atoms with Crippen molar-refractivity contribution < 1.29 is 23.8 Å². The minimum absolute atomic E-state index is 0.154. The van der Waals surface area contributed by atoms with Gasteiger partial charge in [0, 0.05) is 5.56 Å². The Hall–Kier alpha value is -1.49. The van der Waals surface area contributed by atoms with Crippen LogP contribution >= 0.6 is 0 Å². The predicted molar refractivity (Wildman–Crippen MR) is 55.6 cm³/mol. The Balaban J connectivity index is 2.56. The van der Waals surface area contributed by atoms with Gasteiger partial charge in [0.1, 0.15) is 17.0 Å². The average Bonchev–Trinajstić information content (AvgIpc) is 2.12. The summed E-state index contributed by atoms with van der Waals surface area (Å²) in [5, 5.41) is 18.4.